The van der Waals surface area contributed by atoms with Crippen LogP contribution in [0.2, 0.25) is 0 Å². The maximum Gasteiger partial charge on any atom is 0.227 e. The number of hydrogen-bond donors (Lipinski definition) is 2. The number of phenolic OH excluding ortho intramolecular Hbond substituents is 1. The number of benzene rings is 1. The SMILES string of the molecule is COC1(C)CC(NC(=O)C2CCCc3c(O)cccc32)C1(C)C. The Kier molecular flexibility index (Phi) is 3.91. The van der Waals surface area contributed by atoms with Crippen molar-refractivity contribution in [3.05, 3.63) is 29.3 Å². The lowest BCUT2D eigenvalue weighted by molar-refractivity contribution is -0.182. The van der Waals surface area contributed by atoms with Crippen molar-refractivity contribution in [3.8, 4) is 5.75 Å². The second-order valence-electron chi connectivity index (χ2n) is 7.71. The predicted molar refractivity (Wildman–Crippen MR) is 89.5 cm³/mol. The van der Waals surface area contributed by atoms with Gasteiger partial charge in [0.25, 0.3) is 0 Å². The van der Waals surface area contributed by atoms with E-state index in [0.717, 1.165) is 36.8 Å². The van der Waals surface area contributed by atoms with Crippen molar-refractivity contribution in [1.82, 2.24) is 5.32 Å². The Bertz CT molecular complexity index is 625. The van der Waals surface area contributed by atoms with Gasteiger partial charge in [-0.05, 0) is 49.8 Å². The van der Waals surface area contributed by atoms with E-state index in [-0.39, 0.29) is 28.9 Å². The molecule has 126 valence electrons. The molecule has 23 heavy (non-hydrogen) atoms. The van der Waals surface area contributed by atoms with Crippen LogP contribution in [0, 0.1) is 5.41 Å². The van der Waals surface area contributed by atoms with Crippen LogP contribution >= 0.6 is 0 Å². The summed E-state index contributed by atoms with van der Waals surface area (Å²) in [5.41, 5.74) is 1.65. The Morgan fingerprint density at radius 3 is 2.74 bits per heavy atom. The van der Waals surface area contributed by atoms with Gasteiger partial charge in [0.1, 0.15) is 5.75 Å². The Morgan fingerprint density at radius 2 is 2.09 bits per heavy atom. The van der Waals surface area contributed by atoms with Crippen molar-refractivity contribution in [2.24, 2.45) is 5.41 Å². The molecule has 0 saturated heterocycles. The van der Waals surface area contributed by atoms with Crippen LogP contribution < -0.4 is 5.32 Å². The summed E-state index contributed by atoms with van der Waals surface area (Å²) >= 11 is 0. The zero-order valence-corrected chi connectivity index (χ0v) is 14.5. The van der Waals surface area contributed by atoms with E-state index in [1.54, 1.807) is 13.2 Å². The van der Waals surface area contributed by atoms with Crippen LogP contribution in [0.15, 0.2) is 18.2 Å². The molecular weight excluding hydrogens is 290 g/mol. The van der Waals surface area contributed by atoms with E-state index >= 15 is 0 Å². The maximum atomic E-state index is 12.8. The minimum atomic E-state index is -0.187. The lowest BCUT2D eigenvalue weighted by Crippen LogP contribution is -2.68. The molecule has 1 aromatic rings. The fraction of sp³-hybridized carbons (Fsp3) is 0.632. The number of phenols is 1. The third kappa shape index (κ3) is 2.44. The minimum absolute atomic E-state index is 0.0766. The predicted octanol–water partition coefficient (Wildman–Crippen LogP) is 3.13. The first-order valence-corrected chi connectivity index (χ1v) is 8.46. The highest BCUT2D eigenvalue weighted by Crippen LogP contribution is 2.51. The first-order chi connectivity index (χ1) is 10.8. The molecule has 3 rings (SSSR count). The zero-order valence-electron chi connectivity index (χ0n) is 14.5. The number of carbonyl (C=O) groups is 1. The molecule has 3 atom stereocenters. The van der Waals surface area contributed by atoms with E-state index in [1.807, 2.05) is 12.1 Å². The van der Waals surface area contributed by atoms with Crippen molar-refractivity contribution in [2.45, 2.75) is 64.0 Å². The largest absolute Gasteiger partial charge is 0.508 e. The smallest absolute Gasteiger partial charge is 0.227 e. The lowest BCUT2D eigenvalue weighted by Gasteiger charge is -2.59. The summed E-state index contributed by atoms with van der Waals surface area (Å²) in [4.78, 5) is 12.8. The van der Waals surface area contributed by atoms with Gasteiger partial charge in [-0.1, -0.05) is 26.0 Å². The molecule has 0 heterocycles. The first-order valence-electron chi connectivity index (χ1n) is 8.46. The summed E-state index contributed by atoms with van der Waals surface area (Å²) in [5.74, 6) is 0.236. The maximum absolute atomic E-state index is 12.8. The number of rotatable bonds is 3. The molecule has 1 saturated carbocycles. The lowest BCUT2D eigenvalue weighted by atomic mass is 9.55. The summed E-state index contributed by atoms with van der Waals surface area (Å²) in [6.07, 6.45) is 3.47. The third-order valence-corrected chi connectivity index (χ3v) is 6.39. The van der Waals surface area contributed by atoms with Gasteiger partial charge < -0.3 is 15.2 Å². The van der Waals surface area contributed by atoms with Crippen LogP contribution in [0.1, 0.15) is 57.1 Å². The summed E-state index contributed by atoms with van der Waals surface area (Å²) < 4.78 is 5.63. The average molecular weight is 317 g/mol. The highest BCUT2D eigenvalue weighted by molar-refractivity contribution is 5.85. The molecule has 1 fully saturated rings. The van der Waals surface area contributed by atoms with Gasteiger partial charge in [-0.15, -0.1) is 0 Å². The second kappa shape index (κ2) is 5.52. The third-order valence-electron chi connectivity index (χ3n) is 6.39. The van der Waals surface area contributed by atoms with Crippen molar-refractivity contribution in [2.75, 3.05) is 7.11 Å². The molecule has 0 spiro atoms. The molecule has 0 bridgehead atoms. The van der Waals surface area contributed by atoms with Crippen molar-refractivity contribution >= 4 is 5.91 Å². The highest BCUT2D eigenvalue weighted by atomic mass is 16.5. The van der Waals surface area contributed by atoms with E-state index in [4.69, 9.17) is 4.74 Å². The number of nitrogens with one attached hydrogen (secondary N) is 1. The van der Waals surface area contributed by atoms with Crippen LogP contribution in [0.25, 0.3) is 0 Å². The van der Waals surface area contributed by atoms with Gasteiger partial charge in [0.15, 0.2) is 0 Å². The normalized spacial score (nSPS) is 31.8. The molecular formula is C19H27NO3. The number of aromatic hydroxyl groups is 1. The zero-order chi connectivity index (χ0) is 16.8. The van der Waals surface area contributed by atoms with Gasteiger partial charge in [-0.2, -0.15) is 0 Å². The molecule has 1 aromatic carbocycles. The summed E-state index contributed by atoms with van der Waals surface area (Å²) in [7, 11) is 1.74. The van der Waals surface area contributed by atoms with Gasteiger partial charge in [-0.3, -0.25) is 4.79 Å². The molecule has 3 unspecified atom stereocenters. The minimum Gasteiger partial charge on any atom is -0.508 e. The van der Waals surface area contributed by atoms with Gasteiger partial charge >= 0.3 is 0 Å². The molecule has 2 aliphatic rings. The number of fused-ring (bicyclic) bond motifs is 1. The topological polar surface area (TPSA) is 58.6 Å². The Morgan fingerprint density at radius 1 is 1.35 bits per heavy atom. The quantitative estimate of drug-likeness (QED) is 0.900. The monoisotopic (exact) mass is 317 g/mol. The first kappa shape index (κ1) is 16.3. The van der Waals surface area contributed by atoms with Gasteiger partial charge in [0.2, 0.25) is 5.91 Å². The average Bonchev–Trinajstić information content (AvgIpc) is 2.54. The molecule has 2 aliphatic carbocycles. The van der Waals surface area contributed by atoms with E-state index in [9.17, 15) is 9.90 Å². The molecule has 4 nitrogen and oxygen atoms in total. The number of amides is 1. The van der Waals surface area contributed by atoms with Gasteiger partial charge in [0, 0.05) is 18.6 Å². The summed E-state index contributed by atoms with van der Waals surface area (Å²) in [6, 6.07) is 5.64. The number of methoxy groups -OCH3 is 1. The Balaban J connectivity index is 1.76. The Labute approximate surface area is 138 Å². The molecule has 0 radical (unpaired) electrons. The molecule has 0 aliphatic heterocycles. The second-order valence-corrected chi connectivity index (χ2v) is 7.71. The van der Waals surface area contributed by atoms with E-state index in [1.165, 1.54) is 0 Å². The highest BCUT2D eigenvalue weighted by Gasteiger charge is 2.58. The van der Waals surface area contributed by atoms with E-state index in [0.29, 0.717) is 5.75 Å². The van der Waals surface area contributed by atoms with Gasteiger partial charge in [-0.25, -0.2) is 0 Å². The fourth-order valence-corrected chi connectivity index (χ4v) is 4.10. The molecule has 0 aromatic heterocycles. The fourth-order valence-electron chi connectivity index (χ4n) is 4.10. The number of hydrogen-bond acceptors (Lipinski definition) is 3. The summed E-state index contributed by atoms with van der Waals surface area (Å²) in [5, 5.41) is 13.3. The number of ether oxygens (including phenoxy) is 1. The van der Waals surface area contributed by atoms with E-state index < -0.39 is 0 Å². The van der Waals surface area contributed by atoms with Gasteiger partial charge in [0.05, 0.1) is 11.5 Å². The molecule has 4 heteroatoms. The van der Waals surface area contributed by atoms with Crippen molar-refractivity contribution < 1.29 is 14.6 Å². The number of carbonyl (C=O) groups excluding carboxylic acids is 1. The van der Waals surface area contributed by atoms with Crippen LogP contribution in [0.3, 0.4) is 0 Å². The van der Waals surface area contributed by atoms with Crippen LogP contribution in [-0.2, 0) is 16.0 Å². The molecule has 1 amide bonds. The standard InChI is InChI=1S/C19H27NO3/c1-18(2)16(11-19(18,3)23-4)20-17(22)14-9-5-8-13-12(14)7-6-10-15(13)21/h6-7,10,14,16,21H,5,8-9,11H2,1-4H3,(H,20,22). The van der Waals surface area contributed by atoms with Crippen LogP contribution in [0.4, 0.5) is 0 Å². The van der Waals surface area contributed by atoms with Crippen molar-refractivity contribution in [1.29, 1.82) is 0 Å². The van der Waals surface area contributed by atoms with Crippen molar-refractivity contribution in [3.63, 3.8) is 0 Å². The summed E-state index contributed by atoms with van der Waals surface area (Å²) in [6.45, 7) is 6.39. The van der Waals surface area contributed by atoms with E-state index in [2.05, 4.69) is 26.1 Å². The Hall–Kier alpha value is -1.55. The molecule has 2 N–H and O–H groups in total. The van der Waals surface area contributed by atoms with Crippen LogP contribution in [0.5, 0.6) is 5.75 Å². The van der Waals surface area contributed by atoms with Crippen LogP contribution in [-0.4, -0.2) is 29.8 Å².